The van der Waals surface area contributed by atoms with Crippen molar-refractivity contribution in [1.29, 1.82) is 0 Å². The molecule has 2 aromatic carbocycles. The van der Waals surface area contributed by atoms with E-state index in [0.717, 1.165) is 0 Å². The molecular formula is C24H28N3O8P. The molecule has 0 aliphatic carbocycles. The molecule has 192 valence electrons. The third-order valence-corrected chi connectivity index (χ3v) is 5.43. The van der Waals surface area contributed by atoms with E-state index in [9.17, 15) is 18.9 Å². The minimum Gasteiger partial charge on any atom is -0.467 e. The zero-order chi connectivity index (χ0) is 26.9. The van der Waals surface area contributed by atoms with Gasteiger partial charge in [0.1, 0.15) is 17.8 Å². The number of nitrogens with zero attached hydrogens (tertiary/aromatic N) is 1. The molecule has 2 aromatic rings. The summed E-state index contributed by atoms with van der Waals surface area (Å²) in [4.78, 5) is 59.4. The molecule has 0 spiro atoms. The monoisotopic (exact) mass is 517 g/mol. The van der Waals surface area contributed by atoms with Crippen LogP contribution in [0.25, 0.3) is 4.85 Å². The summed E-state index contributed by atoms with van der Waals surface area (Å²) in [5.41, 5.74) is 1.14. The molecule has 0 fully saturated rings. The summed E-state index contributed by atoms with van der Waals surface area (Å²) in [5, 5.41) is 5.29. The fourth-order valence-corrected chi connectivity index (χ4v) is 3.69. The second kappa shape index (κ2) is 12.8. The average molecular weight is 517 g/mol. The molecule has 4 N–H and O–H groups in total. The lowest BCUT2D eigenvalue weighted by Crippen LogP contribution is -2.53. The number of esters is 1. The van der Waals surface area contributed by atoms with Crippen LogP contribution < -0.4 is 15.2 Å². The normalized spacial score (nSPS) is 12.7. The number of nitrogens with one attached hydrogen (secondary N) is 2. The topological polar surface area (TPSA) is 156 Å². The number of hydrogen-bond acceptors (Lipinski definition) is 6. The summed E-state index contributed by atoms with van der Waals surface area (Å²) in [5.74, 6) is -1.79. The number of amides is 2. The molecule has 2 amide bonds. The Morgan fingerprint density at radius 1 is 1.00 bits per heavy atom. The number of methoxy groups -OCH3 is 1. The highest BCUT2D eigenvalue weighted by Crippen LogP contribution is 2.37. The van der Waals surface area contributed by atoms with Crippen molar-refractivity contribution in [3.8, 4) is 5.75 Å². The summed E-state index contributed by atoms with van der Waals surface area (Å²) in [6, 6.07) is 9.49. The first kappa shape index (κ1) is 28.5. The third kappa shape index (κ3) is 9.15. The summed E-state index contributed by atoms with van der Waals surface area (Å²) < 4.78 is 20.3. The van der Waals surface area contributed by atoms with Crippen LogP contribution >= 0.6 is 7.82 Å². The van der Waals surface area contributed by atoms with Crippen molar-refractivity contribution in [1.82, 2.24) is 10.6 Å². The van der Waals surface area contributed by atoms with Crippen LogP contribution in [-0.4, -0.2) is 46.8 Å². The van der Waals surface area contributed by atoms with E-state index < -0.39 is 37.7 Å². The molecule has 0 aliphatic rings. The van der Waals surface area contributed by atoms with E-state index in [1.54, 1.807) is 0 Å². The Kier molecular flexibility index (Phi) is 10.2. The fourth-order valence-electron chi connectivity index (χ4n) is 3.30. The predicted octanol–water partition coefficient (Wildman–Crippen LogP) is 2.75. The molecule has 0 aromatic heterocycles. The molecule has 0 saturated carbocycles. The van der Waals surface area contributed by atoms with Gasteiger partial charge in [0.15, 0.2) is 5.69 Å². The lowest BCUT2D eigenvalue weighted by Gasteiger charge is -2.23. The molecule has 2 rings (SSSR count). The first-order chi connectivity index (χ1) is 16.9. The molecule has 36 heavy (non-hydrogen) atoms. The first-order valence-electron chi connectivity index (χ1n) is 10.9. The zero-order valence-corrected chi connectivity index (χ0v) is 20.9. The Morgan fingerprint density at radius 3 is 2.11 bits per heavy atom. The van der Waals surface area contributed by atoms with Crippen molar-refractivity contribution in [2.45, 2.75) is 38.8 Å². The Hall–Kier alpha value is -3.71. The standard InChI is InChI=1S/C24H28N3O8P/c1-15(2)13-21(24(30)34-4)27-23(29)20(26-22(28)17-7-9-18(25-3)10-8-17)14-16-5-11-19(12-6-16)35-36(31,32)33/h5-12,15,20-21H,13-14H2,1-2,4H3,(H,26,28)(H,27,29)(H2,31,32,33). The quantitative estimate of drug-likeness (QED) is 0.201. The molecule has 0 bridgehead atoms. The first-order valence-corrected chi connectivity index (χ1v) is 12.5. The molecule has 12 heteroatoms. The average Bonchev–Trinajstić information content (AvgIpc) is 2.82. The SMILES string of the molecule is [C-]#[N+]c1ccc(C(=O)NC(Cc2ccc(OP(=O)(O)O)cc2)C(=O)NC(CC(C)C)C(=O)OC)cc1. The summed E-state index contributed by atoms with van der Waals surface area (Å²) >= 11 is 0. The third-order valence-electron chi connectivity index (χ3n) is 4.98. The molecule has 0 saturated heterocycles. The van der Waals surface area contributed by atoms with Gasteiger partial charge >= 0.3 is 13.8 Å². The lowest BCUT2D eigenvalue weighted by molar-refractivity contribution is -0.145. The van der Waals surface area contributed by atoms with Crippen LogP contribution in [-0.2, 0) is 25.3 Å². The van der Waals surface area contributed by atoms with Gasteiger partial charge in [0.05, 0.1) is 13.7 Å². The Morgan fingerprint density at radius 2 is 1.61 bits per heavy atom. The largest absolute Gasteiger partial charge is 0.524 e. The summed E-state index contributed by atoms with van der Waals surface area (Å²) in [6.07, 6.45) is 0.328. The van der Waals surface area contributed by atoms with Gasteiger partial charge in [-0.15, -0.1) is 0 Å². The predicted molar refractivity (Wildman–Crippen MR) is 130 cm³/mol. The van der Waals surface area contributed by atoms with Crippen LogP contribution in [0.4, 0.5) is 5.69 Å². The maximum Gasteiger partial charge on any atom is 0.524 e. The molecule has 2 atom stereocenters. The number of phosphoric ester groups is 1. The lowest BCUT2D eigenvalue weighted by atomic mass is 10.0. The number of carbonyl (C=O) groups excluding carboxylic acids is 3. The number of phosphoric acid groups is 1. The molecule has 0 aliphatic heterocycles. The van der Waals surface area contributed by atoms with Crippen LogP contribution in [0, 0.1) is 12.5 Å². The van der Waals surface area contributed by atoms with Crippen molar-refractivity contribution in [3.63, 3.8) is 0 Å². The molecule has 0 heterocycles. The highest BCUT2D eigenvalue weighted by Gasteiger charge is 2.28. The number of benzene rings is 2. The number of rotatable bonds is 11. The van der Waals surface area contributed by atoms with E-state index in [2.05, 4.69) is 20.0 Å². The van der Waals surface area contributed by atoms with E-state index in [1.807, 2.05) is 13.8 Å². The van der Waals surface area contributed by atoms with Crippen molar-refractivity contribution < 1.29 is 38.0 Å². The fraction of sp³-hybridized carbons (Fsp3) is 0.333. The summed E-state index contributed by atoms with van der Waals surface area (Å²) in [7, 11) is -3.51. The van der Waals surface area contributed by atoms with E-state index in [-0.39, 0.29) is 23.7 Å². The highest BCUT2D eigenvalue weighted by molar-refractivity contribution is 7.46. The van der Waals surface area contributed by atoms with Gasteiger partial charge in [-0.1, -0.05) is 50.2 Å². The Bertz CT molecular complexity index is 1150. The molecule has 11 nitrogen and oxygen atoms in total. The van der Waals surface area contributed by atoms with Crippen LogP contribution in [0.1, 0.15) is 36.2 Å². The second-order valence-electron chi connectivity index (χ2n) is 8.33. The van der Waals surface area contributed by atoms with Crippen molar-refractivity contribution in [2.24, 2.45) is 5.92 Å². The Labute approximate surface area is 208 Å². The van der Waals surface area contributed by atoms with Gasteiger partial charge in [-0.05, 0) is 30.0 Å². The van der Waals surface area contributed by atoms with E-state index in [4.69, 9.17) is 21.1 Å². The minimum atomic E-state index is -4.73. The second-order valence-corrected chi connectivity index (χ2v) is 9.49. The maximum absolute atomic E-state index is 13.2. The van der Waals surface area contributed by atoms with Crippen LogP contribution in [0.2, 0.25) is 0 Å². The highest BCUT2D eigenvalue weighted by atomic mass is 31.2. The zero-order valence-electron chi connectivity index (χ0n) is 20.0. The number of hydrogen-bond donors (Lipinski definition) is 4. The van der Waals surface area contributed by atoms with Crippen LogP contribution in [0.15, 0.2) is 48.5 Å². The smallest absolute Gasteiger partial charge is 0.467 e. The van der Waals surface area contributed by atoms with Gasteiger partial charge in [-0.25, -0.2) is 14.2 Å². The van der Waals surface area contributed by atoms with E-state index >= 15 is 0 Å². The van der Waals surface area contributed by atoms with Crippen molar-refractivity contribution in [2.75, 3.05) is 7.11 Å². The van der Waals surface area contributed by atoms with E-state index in [0.29, 0.717) is 17.7 Å². The van der Waals surface area contributed by atoms with Crippen LogP contribution in [0.3, 0.4) is 0 Å². The van der Waals surface area contributed by atoms with Gasteiger partial charge < -0.3 is 19.9 Å². The van der Waals surface area contributed by atoms with Crippen molar-refractivity contribution >= 4 is 31.3 Å². The van der Waals surface area contributed by atoms with Gasteiger partial charge in [-0.2, -0.15) is 0 Å². The minimum absolute atomic E-state index is 0.00344. The van der Waals surface area contributed by atoms with Crippen molar-refractivity contribution in [3.05, 3.63) is 71.1 Å². The van der Waals surface area contributed by atoms with Gasteiger partial charge in [-0.3, -0.25) is 19.4 Å². The van der Waals surface area contributed by atoms with Gasteiger partial charge in [0.25, 0.3) is 5.91 Å². The Balaban J connectivity index is 2.27. The van der Waals surface area contributed by atoms with Crippen LogP contribution in [0.5, 0.6) is 5.75 Å². The maximum atomic E-state index is 13.2. The molecule has 0 radical (unpaired) electrons. The molecule has 2 unspecified atom stereocenters. The number of ether oxygens (including phenoxy) is 1. The van der Waals surface area contributed by atoms with Gasteiger partial charge in [0, 0.05) is 12.0 Å². The van der Waals surface area contributed by atoms with Gasteiger partial charge in [0.2, 0.25) is 5.91 Å². The summed E-state index contributed by atoms with van der Waals surface area (Å²) in [6.45, 7) is 10.8. The molecular weight excluding hydrogens is 489 g/mol. The number of carbonyl (C=O) groups is 3. The van der Waals surface area contributed by atoms with E-state index in [1.165, 1.54) is 55.6 Å².